The van der Waals surface area contributed by atoms with Crippen molar-refractivity contribution < 1.29 is 24.2 Å². The summed E-state index contributed by atoms with van der Waals surface area (Å²) in [5.41, 5.74) is 0.528. The minimum atomic E-state index is -0.907. The van der Waals surface area contributed by atoms with Crippen molar-refractivity contribution in [2.45, 2.75) is 111 Å². The third-order valence-electron chi connectivity index (χ3n) is 6.09. The van der Waals surface area contributed by atoms with Gasteiger partial charge in [-0.2, -0.15) is 11.8 Å². The maximum Gasteiger partial charge on any atom is 0.408 e. The Hall–Kier alpha value is -2.42. The molecule has 3 atom stereocenters. The summed E-state index contributed by atoms with van der Waals surface area (Å²) in [6.45, 7) is 13.5. The van der Waals surface area contributed by atoms with Crippen molar-refractivity contribution in [3.8, 4) is 5.75 Å². The first-order chi connectivity index (χ1) is 17.8. The number of rotatable bonds is 15. The van der Waals surface area contributed by atoms with Gasteiger partial charge in [0.05, 0.1) is 0 Å². The Morgan fingerprint density at radius 2 is 1.76 bits per heavy atom. The summed E-state index contributed by atoms with van der Waals surface area (Å²) in [5, 5.41) is 16.0. The number of hydrogen-bond donors (Lipinski definition) is 3. The van der Waals surface area contributed by atoms with Crippen LogP contribution in [-0.2, 0) is 14.3 Å². The number of carbonyl (C=O) groups excluding carboxylic acids is 3. The van der Waals surface area contributed by atoms with E-state index in [0.29, 0.717) is 29.8 Å². The van der Waals surface area contributed by atoms with Crippen LogP contribution in [0.4, 0.5) is 4.79 Å². The predicted octanol–water partition coefficient (Wildman–Crippen LogP) is 5.71. The highest BCUT2D eigenvalue weighted by molar-refractivity contribution is 7.98. The smallest absolute Gasteiger partial charge is 0.408 e. The van der Waals surface area contributed by atoms with Gasteiger partial charge in [-0.1, -0.05) is 39.2 Å². The largest absolute Gasteiger partial charge is 0.508 e. The number of phenols is 1. The molecule has 3 N–H and O–H groups in total. The lowest BCUT2D eigenvalue weighted by Gasteiger charge is -2.35. The van der Waals surface area contributed by atoms with Crippen molar-refractivity contribution >= 4 is 29.7 Å². The molecule has 0 aliphatic heterocycles. The number of benzene rings is 1. The molecule has 3 amide bonds. The second-order valence-corrected chi connectivity index (χ2v) is 11.9. The van der Waals surface area contributed by atoms with Gasteiger partial charge in [0.1, 0.15) is 23.4 Å². The fourth-order valence-corrected chi connectivity index (χ4v) is 4.66. The summed E-state index contributed by atoms with van der Waals surface area (Å²) in [6, 6.07) is 3.18. The summed E-state index contributed by atoms with van der Waals surface area (Å²) in [4.78, 5) is 42.2. The van der Waals surface area contributed by atoms with Gasteiger partial charge in [0.2, 0.25) is 11.8 Å². The topological polar surface area (TPSA) is 108 Å². The van der Waals surface area contributed by atoms with Crippen molar-refractivity contribution in [2.24, 2.45) is 0 Å². The van der Waals surface area contributed by atoms with Crippen LogP contribution in [0.3, 0.4) is 0 Å². The average molecular weight is 552 g/mol. The molecule has 1 aromatic rings. The number of nitrogens with zero attached hydrogens (tertiary/aromatic N) is 1. The molecule has 1 aromatic carbocycles. The van der Waals surface area contributed by atoms with E-state index in [9.17, 15) is 19.5 Å². The molecule has 0 aromatic heterocycles. The number of unbranched alkanes of at least 4 members (excludes halogenated alkanes) is 2. The van der Waals surface area contributed by atoms with Crippen molar-refractivity contribution in [1.29, 1.82) is 0 Å². The van der Waals surface area contributed by atoms with Crippen LogP contribution in [0.2, 0.25) is 0 Å². The molecule has 0 bridgehead atoms. The molecular weight excluding hydrogens is 502 g/mol. The molecule has 0 aliphatic rings. The molecule has 0 radical (unpaired) electrons. The van der Waals surface area contributed by atoms with Gasteiger partial charge in [-0.15, -0.1) is 0 Å². The lowest BCUT2D eigenvalue weighted by molar-refractivity contribution is -0.143. The molecule has 3 unspecified atom stereocenters. The average Bonchev–Trinajstić information content (AvgIpc) is 2.81. The summed E-state index contributed by atoms with van der Waals surface area (Å²) < 4.78 is 5.44. The number of alkyl carbamates (subject to hydrolysis) is 1. The van der Waals surface area contributed by atoms with Gasteiger partial charge >= 0.3 is 6.09 Å². The zero-order valence-corrected chi connectivity index (χ0v) is 25.4. The number of amides is 3. The summed E-state index contributed by atoms with van der Waals surface area (Å²) in [5.74, 6) is 0.176. The SMILES string of the molecule is CCCCCN(C(=O)C(CCSC)NC(=O)OC(C)(C)C)C(C(=O)NC(C)CCC)c1ccc(O)c(C)c1. The van der Waals surface area contributed by atoms with Gasteiger partial charge in [-0.3, -0.25) is 9.59 Å². The number of phenolic OH excluding ortho intramolecular Hbond substituents is 1. The second-order valence-electron chi connectivity index (χ2n) is 10.9. The Morgan fingerprint density at radius 3 is 2.32 bits per heavy atom. The van der Waals surface area contributed by atoms with E-state index in [4.69, 9.17) is 4.74 Å². The van der Waals surface area contributed by atoms with E-state index in [1.807, 2.05) is 13.2 Å². The van der Waals surface area contributed by atoms with Crippen molar-refractivity contribution in [1.82, 2.24) is 15.5 Å². The summed E-state index contributed by atoms with van der Waals surface area (Å²) >= 11 is 1.58. The van der Waals surface area contributed by atoms with Crippen molar-refractivity contribution in [3.05, 3.63) is 29.3 Å². The number of aryl methyl sites for hydroxylation is 1. The van der Waals surface area contributed by atoms with Gasteiger partial charge < -0.3 is 25.4 Å². The van der Waals surface area contributed by atoms with Crippen LogP contribution >= 0.6 is 11.8 Å². The molecule has 38 heavy (non-hydrogen) atoms. The fraction of sp³-hybridized carbons (Fsp3) is 0.690. The van der Waals surface area contributed by atoms with Gasteiger partial charge in [0.25, 0.3) is 0 Å². The van der Waals surface area contributed by atoms with Crippen molar-refractivity contribution in [2.75, 3.05) is 18.6 Å². The lowest BCUT2D eigenvalue weighted by Crippen LogP contribution is -2.54. The lowest BCUT2D eigenvalue weighted by atomic mass is 9.99. The van der Waals surface area contributed by atoms with E-state index in [2.05, 4.69) is 24.5 Å². The fourth-order valence-electron chi connectivity index (χ4n) is 4.19. The maximum absolute atomic E-state index is 14.1. The van der Waals surface area contributed by atoms with Crippen LogP contribution in [0, 0.1) is 6.92 Å². The number of hydrogen-bond acceptors (Lipinski definition) is 6. The first kappa shape index (κ1) is 33.6. The molecule has 0 spiro atoms. The van der Waals surface area contributed by atoms with Crippen LogP contribution in [0.25, 0.3) is 0 Å². The molecule has 0 saturated carbocycles. The standard InChI is InChI=1S/C29H49N3O5S/c1-9-11-12-17-32(27(35)23(16-18-38-8)31-28(36)37-29(5,6)7)25(26(34)30-21(4)13-10-2)22-14-15-24(33)20(3)19-22/h14-15,19,21,23,25,33H,9-13,16-18H2,1-8H3,(H,30,34)(H,31,36). The molecule has 0 saturated heterocycles. The number of aromatic hydroxyl groups is 1. The van der Waals surface area contributed by atoms with Gasteiger partial charge in [0.15, 0.2) is 0 Å². The van der Waals surface area contributed by atoms with Crippen LogP contribution in [-0.4, -0.2) is 64.2 Å². The molecule has 216 valence electrons. The molecule has 9 heteroatoms. The van der Waals surface area contributed by atoms with Crippen molar-refractivity contribution in [3.63, 3.8) is 0 Å². The maximum atomic E-state index is 14.1. The zero-order valence-electron chi connectivity index (χ0n) is 24.6. The first-order valence-corrected chi connectivity index (χ1v) is 15.1. The minimum Gasteiger partial charge on any atom is -0.508 e. The van der Waals surface area contributed by atoms with E-state index in [1.165, 1.54) is 0 Å². The summed E-state index contributed by atoms with van der Waals surface area (Å²) in [6.07, 6.45) is 5.98. The van der Waals surface area contributed by atoms with E-state index in [1.54, 1.807) is 62.6 Å². The molecule has 0 aliphatic carbocycles. The molecule has 0 fully saturated rings. The third-order valence-corrected chi connectivity index (χ3v) is 6.74. The Kier molecular flexibility index (Phi) is 14.6. The third kappa shape index (κ3) is 11.5. The zero-order chi connectivity index (χ0) is 28.9. The highest BCUT2D eigenvalue weighted by Crippen LogP contribution is 2.28. The molecular formula is C29H49N3O5S. The Morgan fingerprint density at radius 1 is 1.08 bits per heavy atom. The second kappa shape index (κ2) is 16.5. The monoisotopic (exact) mass is 551 g/mol. The number of nitrogens with one attached hydrogen (secondary N) is 2. The summed E-state index contributed by atoms with van der Waals surface area (Å²) in [7, 11) is 0. The Labute approximate surface area is 233 Å². The number of carbonyl (C=O) groups is 3. The van der Waals surface area contributed by atoms with Crippen LogP contribution in [0.5, 0.6) is 5.75 Å². The molecule has 0 heterocycles. The molecule has 8 nitrogen and oxygen atoms in total. The highest BCUT2D eigenvalue weighted by Gasteiger charge is 2.36. The predicted molar refractivity (Wildman–Crippen MR) is 155 cm³/mol. The Balaban J connectivity index is 3.52. The quantitative estimate of drug-likeness (QED) is 0.241. The van der Waals surface area contributed by atoms with E-state index in [-0.39, 0.29) is 23.6 Å². The first-order valence-electron chi connectivity index (χ1n) is 13.7. The highest BCUT2D eigenvalue weighted by atomic mass is 32.2. The molecule has 1 rings (SSSR count). The number of ether oxygens (including phenoxy) is 1. The van der Waals surface area contributed by atoms with E-state index >= 15 is 0 Å². The van der Waals surface area contributed by atoms with Gasteiger partial charge in [-0.25, -0.2) is 4.79 Å². The van der Waals surface area contributed by atoms with E-state index < -0.39 is 23.8 Å². The van der Waals surface area contributed by atoms with Crippen LogP contribution in [0.15, 0.2) is 18.2 Å². The normalized spacial score (nSPS) is 13.8. The van der Waals surface area contributed by atoms with Crippen LogP contribution in [0.1, 0.15) is 97.2 Å². The van der Waals surface area contributed by atoms with E-state index in [0.717, 1.165) is 32.1 Å². The minimum absolute atomic E-state index is 0.0621. The van der Waals surface area contributed by atoms with Gasteiger partial charge in [0, 0.05) is 12.6 Å². The number of thioether (sulfide) groups is 1. The Bertz CT molecular complexity index is 903. The van der Waals surface area contributed by atoms with Crippen LogP contribution < -0.4 is 10.6 Å². The van der Waals surface area contributed by atoms with Gasteiger partial charge in [-0.05, 0) is 89.1 Å².